The van der Waals surface area contributed by atoms with E-state index in [0.717, 1.165) is 70.5 Å². The Kier molecular flexibility index (Phi) is 13.9. The van der Waals surface area contributed by atoms with Crippen molar-refractivity contribution in [3.63, 3.8) is 0 Å². The van der Waals surface area contributed by atoms with Gasteiger partial charge in [0, 0.05) is 6.42 Å². The number of aldehydes is 1. The van der Waals surface area contributed by atoms with Crippen LogP contribution >= 0.6 is 0 Å². The summed E-state index contributed by atoms with van der Waals surface area (Å²) in [6, 6.07) is 0. The van der Waals surface area contributed by atoms with Crippen molar-refractivity contribution in [3.8, 4) is 0 Å². The normalized spacial score (nSPS) is 11.4. The summed E-state index contributed by atoms with van der Waals surface area (Å²) >= 11 is 0. The Bertz CT molecular complexity index is 374. The molecule has 0 unspecified atom stereocenters. The minimum atomic E-state index is -1.99. The first-order chi connectivity index (χ1) is 12.0. The van der Waals surface area contributed by atoms with Crippen LogP contribution in [-0.2, 0) is 4.79 Å². The summed E-state index contributed by atoms with van der Waals surface area (Å²) in [5.41, 5.74) is -1.99. The monoisotopic (exact) mass is 358 g/mol. The fourth-order valence-corrected chi connectivity index (χ4v) is 3.09. The molecule has 25 heavy (non-hydrogen) atoms. The molecule has 0 aliphatic carbocycles. The summed E-state index contributed by atoms with van der Waals surface area (Å²) in [5.74, 6) is 0. The minimum Gasteiger partial charge on any atom is -0.303 e. The zero-order valence-electron chi connectivity index (χ0n) is 15.6. The summed E-state index contributed by atoms with van der Waals surface area (Å²) in [7, 11) is 0. The number of carbonyl (C=O) groups excluding carboxylic acids is 1. The van der Waals surface area contributed by atoms with E-state index in [9.17, 15) is 25.0 Å². The maximum atomic E-state index is 11.3. The molecule has 0 saturated carbocycles. The van der Waals surface area contributed by atoms with Crippen LogP contribution < -0.4 is 0 Å². The molecule has 0 bridgehead atoms. The zero-order chi connectivity index (χ0) is 19.0. The van der Waals surface area contributed by atoms with Crippen LogP contribution in [0.25, 0.3) is 0 Å². The van der Waals surface area contributed by atoms with Crippen LogP contribution in [-0.4, -0.2) is 21.8 Å². The van der Waals surface area contributed by atoms with Crippen molar-refractivity contribution in [2.45, 2.75) is 109 Å². The number of hydrogen-bond acceptors (Lipinski definition) is 5. The highest BCUT2D eigenvalue weighted by atomic mass is 16.7. The van der Waals surface area contributed by atoms with Gasteiger partial charge in [0.2, 0.25) is 0 Å². The van der Waals surface area contributed by atoms with E-state index in [4.69, 9.17) is 0 Å². The van der Waals surface area contributed by atoms with E-state index in [1.165, 1.54) is 0 Å². The molecular formula is C18H34N2O5. The number of carbonyl (C=O) groups is 1. The summed E-state index contributed by atoms with van der Waals surface area (Å²) < 4.78 is 0. The predicted octanol–water partition coefficient (Wildman–Crippen LogP) is 5.31. The van der Waals surface area contributed by atoms with Crippen molar-refractivity contribution in [2.24, 2.45) is 0 Å². The molecule has 0 aliphatic heterocycles. The Labute approximate surface area is 150 Å². The van der Waals surface area contributed by atoms with Gasteiger partial charge in [-0.05, 0) is 19.3 Å². The second-order valence-corrected chi connectivity index (χ2v) is 6.84. The van der Waals surface area contributed by atoms with Gasteiger partial charge >= 0.3 is 5.66 Å². The largest absolute Gasteiger partial charge is 0.458 e. The molecule has 0 fully saturated rings. The zero-order valence-corrected chi connectivity index (χ0v) is 15.6. The molecule has 0 rings (SSSR count). The van der Waals surface area contributed by atoms with Crippen LogP contribution in [0, 0.1) is 20.2 Å². The quantitative estimate of drug-likeness (QED) is 0.109. The molecule has 0 aromatic heterocycles. The summed E-state index contributed by atoms with van der Waals surface area (Å²) in [6.45, 7) is 1.97. The van der Waals surface area contributed by atoms with E-state index in [1.54, 1.807) is 0 Å². The highest BCUT2D eigenvalue weighted by Crippen LogP contribution is 2.27. The van der Waals surface area contributed by atoms with Crippen LogP contribution in [0.3, 0.4) is 0 Å². The molecular weight excluding hydrogens is 324 g/mol. The van der Waals surface area contributed by atoms with Gasteiger partial charge in [0.1, 0.15) is 6.29 Å². The molecule has 0 aromatic carbocycles. The van der Waals surface area contributed by atoms with Crippen LogP contribution in [0.4, 0.5) is 0 Å². The second kappa shape index (κ2) is 14.8. The molecule has 0 atom stereocenters. The summed E-state index contributed by atoms with van der Waals surface area (Å²) in [6.07, 6.45) is 12.7. The van der Waals surface area contributed by atoms with E-state index < -0.39 is 15.5 Å². The molecule has 0 radical (unpaired) electrons. The molecule has 0 amide bonds. The lowest BCUT2D eigenvalue weighted by Crippen LogP contribution is -2.46. The molecule has 0 aromatic rings. The van der Waals surface area contributed by atoms with Crippen molar-refractivity contribution in [1.82, 2.24) is 0 Å². The average Bonchev–Trinajstić information content (AvgIpc) is 2.57. The first kappa shape index (κ1) is 23.5. The first-order valence-electron chi connectivity index (χ1n) is 9.74. The highest BCUT2D eigenvalue weighted by Gasteiger charge is 2.54. The molecule has 0 aliphatic rings. The van der Waals surface area contributed by atoms with Crippen LogP contribution in [0.1, 0.15) is 103 Å². The third kappa shape index (κ3) is 10.1. The minimum absolute atomic E-state index is 0.0294. The Morgan fingerprint density at radius 1 is 0.720 bits per heavy atom. The van der Waals surface area contributed by atoms with Gasteiger partial charge in [-0.15, -0.1) is 0 Å². The number of hydrogen-bond donors (Lipinski definition) is 0. The lowest BCUT2D eigenvalue weighted by Gasteiger charge is -2.17. The number of rotatable bonds is 18. The SMILES string of the molecule is CCCCCC(CCCCCCCCCCCC=O)([N+](=O)[O-])[N+](=O)[O-]. The topological polar surface area (TPSA) is 103 Å². The molecule has 7 heteroatoms. The Morgan fingerprint density at radius 2 is 1.12 bits per heavy atom. The van der Waals surface area contributed by atoms with E-state index in [2.05, 4.69) is 0 Å². The summed E-state index contributed by atoms with van der Waals surface area (Å²) in [5, 5.41) is 22.6. The molecule has 0 spiro atoms. The summed E-state index contributed by atoms with van der Waals surface area (Å²) in [4.78, 5) is 31.5. The van der Waals surface area contributed by atoms with Crippen molar-refractivity contribution < 1.29 is 14.6 Å². The molecule has 146 valence electrons. The van der Waals surface area contributed by atoms with E-state index >= 15 is 0 Å². The van der Waals surface area contributed by atoms with Gasteiger partial charge in [-0.3, -0.25) is 20.2 Å². The second-order valence-electron chi connectivity index (χ2n) is 6.84. The first-order valence-corrected chi connectivity index (χ1v) is 9.74. The van der Waals surface area contributed by atoms with E-state index in [1.807, 2.05) is 6.92 Å². The van der Waals surface area contributed by atoms with Crippen LogP contribution in [0.15, 0.2) is 0 Å². The Morgan fingerprint density at radius 3 is 1.52 bits per heavy atom. The lowest BCUT2D eigenvalue weighted by atomic mass is 9.95. The molecule has 0 N–H and O–H groups in total. The van der Waals surface area contributed by atoms with Crippen LogP contribution in [0.2, 0.25) is 0 Å². The Hall–Kier alpha value is -1.53. The number of unbranched alkanes of at least 4 members (excludes halogenated alkanes) is 11. The van der Waals surface area contributed by atoms with E-state index in [-0.39, 0.29) is 12.8 Å². The Balaban J connectivity index is 3.96. The predicted molar refractivity (Wildman–Crippen MR) is 97.7 cm³/mol. The molecule has 7 nitrogen and oxygen atoms in total. The van der Waals surface area contributed by atoms with Gasteiger partial charge in [0.25, 0.3) is 0 Å². The molecule has 0 heterocycles. The third-order valence-corrected chi connectivity index (χ3v) is 4.76. The van der Waals surface area contributed by atoms with E-state index in [0.29, 0.717) is 19.3 Å². The van der Waals surface area contributed by atoms with Crippen molar-refractivity contribution in [3.05, 3.63) is 20.2 Å². The number of nitro groups is 2. The van der Waals surface area contributed by atoms with Crippen molar-refractivity contribution >= 4 is 6.29 Å². The van der Waals surface area contributed by atoms with Gasteiger partial charge in [-0.1, -0.05) is 64.7 Å². The number of nitrogens with zero attached hydrogens (tertiary/aromatic N) is 2. The highest BCUT2D eigenvalue weighted by molar-refractivity contribution is 5.48. The third-order valence-electron chi connectivity index (χ3n) is 4.76. The van der Waals surface area contributed by atoms with Crippen molar-refractivity contribution in [1.29, 1.82) is 0 Å². The van der Waals surface area contributed by atoms with Gasteiger partial charge in [0.15, 0.2) is 0 Å². The fraction of sp³-hybridized carbons (Fsp3) is 0.944. The lowest BCUT2D eigenvalue weighted by molar-refractivity contribution is -0.799. The average molecular weight is 358 g/mol. The maximum Gasteiger partial charge on any atom is 0.458 e. The van der Waals surface area contributed by atoms with Gasteiger partial charge in [-0.2, -0.15) is 0 Å². The smallest absolute Gasteiger partial charge is 0.303 e. The fourth-order valence-electron chi connectivity index (χ4n) is 3.09. The van der Waals surface area contributed by atoms with Gasteiger partial charge < -0.3 is 4.79 Å². The van der Waals surface area contributed by atoms with Gasteiger partial charge in [0.05, 0.1) is 22.7 Å². The van der Waals surface area contributed by atoms with Gasteiger partial charge in [-0.25, -0.2) is 0 Å². The van der Waals surface area contributed by atoms with Crippen molar-refractivity contribution in [2.75, 3.05) is 0 Å². The standard InChI is InChI=1S/C18H34N2O5/c1-2-3-12-15-18(19(22)23,20(24)25)16-13-10-8-6-4-5-7-9-11-14-17-21/h17H,2-16H2,1H3. The van der Waals surface area contributed by atoms with Crippen LogP contribution in [0.5, 0.6) is 0 Å². The molecule has 0 saturated heterocycles. The maximum absolute atomic E-state index is 11.3.